The Balaban J connectivity index is 1.80. The maximum Gasteiger partial charge on any atom is 0.188 e. The third kappa shape index (κ3) is 2.98. The van der Waals surface area contributed by atoms with E-state index in [0.717, 1.165) is 21.4 Å². The maximum atomic E-state index is 5.82. The number of hydrogen-bond acceptors (Lipinski definition) is 4. The zero-order valence-electron chi connectivity index (χ0n) is 10.6. The van der Waals surface area contributed by atoms with Crippen LogP contribution in [0, 0.1) is 0 Å². The SMILES string of the molecule is ClCc1ccnc(Nc2ncc(-c3ccccc3)s2)c1. The third-order valence-electron chi connectivity index (χ3n) is 2.78. The highest BCUT2D eigenvalue weighted by molar-refractivity contribution is 7.18. The molecule has 3 nitrogen and oxygen atoms in total. The molecule has 0 aliphatic heterocycles. The first kappa shape index (κ1) is 13.1. The number of alkyl halides is 1. The van der Waals surface area contributed by atoms with Gasteiger partial charge in [-0.1, -0.05) is 41.7 Å². The minimum absolute atomic E-state index is 0.477. The highest BCUT2D eigenvalue weighted by atomic mass is 35.5. The number of hydrogen-bond donors (Lipinski definition) is 1. The molecule has 0 fully saturated rings. The molecule has 20 heavy (non-hydrogen) atoms. The molecular formula is C15H12ClN3S. The van der Waals surface area contributed by atoms with E-state index in [2.05, 4.69) is 27.4 Å². The van der Waals surface area contributed by atoms with Crippen LogP contribution >= 0.6 is 22.9 Å². The topological polar surface area (TPSA) is 37.8 Å². The summed E-state index contributed by atoms with van der Waals surface area (Å²) in [6.07, 6.45) is 3.61. The molecule has 0 atom stereocenters. The Morgan fingerprint density at radius 1 is 1.10 bits per heavy atom. The predicted molar refractivity (Wildman–Crippen MR) is 84.6 cm³/mol. The number of nitrogens with zero attached hydrogens (tertiary/aromatic N) is 2. The summed E-state index contributed by atoms with van der Waals surface area (Å²) in [6, 6.07) is 14.0. The first-order valence-electron chi connectivity index (χ1n) is 6.14. The zero-order chi connectivity index (χ0) is 13.8. The number of anilines is 2. The number of rotatable bonds is 4. The molecule has 0 saturated carbocycles. The number of halogens is 1. The van der Waals surface area contributed by atoms with E-state index in [1.165, 1.54) is 5.56 Å². The molecule has 2 heterocycles. The Kier molecular flexibility index (Phi) is 3.95. The van der Waals surface area contributed by atoms with Crippen molar-refractivity contribution in [3.8, 4) is 10.4 Å². The summed E-state index contributed by atoms with van der Waals surface area (Å²) in [4.78, 5) is 9.77. The largest absolute Gasteiger partial charge is 0.316 e. The van der Waals surface area contributed by atoms with Crippen LogP contribution in [0.25, 0.3) is 10.4 Å². The van der Waals surface area contributed by atoms with Crippen molar-refractivity contribution in [1.82, 2.24) is 9.97 Å². The molecule has 100 valence electrons. The van der Waals surface area contributed by atoms with Crippen LogP contribution in [0.4, 0.5) is 10.9 Å². The van der Waals surface area contributed by atoms with Gasteiger partial charge in [0, 0.05) is 18.3 Å². The normalized spacial score (nSPS) is 10.4. The minimum atomic E-state index is 0.477. The summed E-state index contributed by atoms with van der Waals surface area (Å²) in [6.45, 7) is 0. The van der Waals surface area contributed by atoms with E-state index >= 15 is 0 Å². The molecule has 0 aliphatic carbocycles. The van der Waals surface area contributed by atoms with Gasteiger partial charge in [0.05, 0.1) is 4.88 Å². The van der Waals surface area contributed by atoms with Gasteiger partial charge in [-0.15, -0.1) is 11.6 Å². The van der Waals surface area contributed by atoms with Crippen LogP contribution < -0.4 is 5.32 Å². The highest BCUT2D eigenvalue weighted by Crippen LogP contribution is 2.30. The van der Waals surface area contributed by atoms with Gasteiger partial charge in [0.15, 0.2) is 5.13 Å². The number of thiazole rings is 1. The standard InChI is InChI=1S/C15H12ClN3S/c16-9-11-6-7-17-14(8-11)19-15-18-10-13(20-15)12-4-2-1-3-5-12/h1-8,10H,9H2,(H,17,18,19). The van der Waals surface area contributed by atoms with Gasteiger partial charge in [-0.2, -0.15) is 0 Å². The molecule has 1 N–H and O–H groups in total. The fraction of sp³-hybridized carbons (Fsp3) is 0.0667. The van der Waals surface area contributed by atoms with Crippen molar-refractivity contribution in [1.29, 1.82) is 0 Å². The summed E-state index contributed by atoms with van der Waals surface area (Å²) in [5.41, 5.74) is 2.20. The fourth-order valence-electron chi connectivity index (χ4n) is 1.80. The van der Waals surface area contributed by atoms with Gasteiger partial charge in [0.1, 0.15) is 5.82 Å². The maximum absolute atomic E-state index is 5.82. The zero-order valence-corrected chi connectivity index (χ0v) is 12.2. The van der Waals surface area contributed by atoms with Crippen LogP contribution in [-0.2, 0) is 5.88 Å². The smallest absolute Gasteiger partial charge is 0.188 e. The van der Waals surface area contributed by atoms with Crippen molar-refractivity contribution in [2.24, 2.45) is 0 Å². The van der Waals surface area contributed by atoms with E-state index < -0.39 is 0 Å². The van der Waals surface area contributed by atoms with Crippen LogP contribution in [-0.4, -0.2) is 9.97 Å². The molecule has 3 aromatic rings. The predicted octanol–water partition coefficient (Wildman–Crippen LogP) is 4.69. The van der Waals surface area contributed by atoms with Gasteiger partial charge in [-0.25, -0.2) is 9.97 Å². The molecule has 0 spiro atoms. The van der Waals surface area contributed by atoms with Gasteiger partial charge in [0.25, 0.3) is 0 Å². The molecule has 2 aromatic heterocycles. The summed E-state index contributed by atoms with van der Waals surface area (Å²) in [7, 11) is 0. The van der Waals surface area contributed by atoms with Crippen molar-refractivity contribution in [2.45, 2.75) is 5.88 Å². The van der Waals surface area contributed by atoms with Crippen molar-refractivity contribution in [3.63, 3.8) is 0 Å². The number of pyridine rings is 1. The van der Waals surface area contributed by atoms with Gasteiger partial charge in [-0.05, 0) is 23.3 Å². The van der Waals surface area contributed by atoms with E-state index in [0.29, 0.717) is 5.88 Å². The lowest BCUT2D eigenvalue weighted by Crippen LogP contribution is -1.93. The molecule has 1 aromatic carbocycles. The van der Waals surface area contributed by atoms with Gasteiger partial charge < -0.3 is 5.32 Å². The van der Waals surface area contributed by atoms with E-state index in [4.69, 9.17) is 11.6 Å². The second-order valence-electron chi connectivity index (χ2n) is 4.20. The highest BCUT2D eigenvalue weighted by Gasteiger charge is 2.05. The van der Waals surface area contributed by atoms with Crippen LogP contribution in [0.15, 0.2) is 54.9 Å². The number of aromatic nitrogens is 2. The van der Waals surface area contributed by atoms with Crippen LogP contribution in [0.1, 0.15) is 5.56 Å². The molecule has 0 aliphatic rings. The molecule has 0 amide bonds. The van der Waals surface area contributed by atoms with Crippen molar-refractivity contribution in [2.75, 3.05) is 5.32 Å². The van der Waals surface area contributed by atoms with Gasteiger partial charge >= 0.3 is 0 Å². The van der Waals surface area contributed by atoms with Crippen molar-refractivity contribution < 1.29 is 0 Å². The number of nitrogens with one attached hydrogen (secondary N) is 1. The molecule has 0 unspecified atom stereocenters. The molecule has 0 bridgehead atoms. The number of benzene rings is 1. The van der Waals surface area contributed by atoms with E-state index in [-0.39, 0.29) is 0 Å². The molecule has 5 heteroatoms. The Bertz CT molecular complexity index is 697. The molecule has 0 radical (unpaired) electrons. The second-order valence-corrected chi connectivity index (χ2v) is 5.50. The summed E-state index contributed by atoms with van der Waals surface area (Å²) < 4.78 is 0. The van der Waals surface area contributed by atoms with Gasteiger partial charge in [0.2, 0.25) is 0 Å². The lowest BCUT2D eigenvalue weighted by atomic mass is 10.2. The monoisotopic (exact) mass is 301 g/mol. The van der Waals surface area contributed by atoms with Crippen LogP contribution in [0.2, 0.25) is 0 Å². The summed E-state index contributed by atoms with van der Waals surface area (Å²) in [5.74, 6) is 1.24. The van der Waals surface area contributed by atoms with Crippen molar-refractivity contribution in [3.05, 3.63) is 60.4 Å². The lowest BCUT2D eigenvalue weighted by molar-refractivity contribution is 1.25. The first-order chi connectivity index (χ1) is 9.85. The Morgan fingerprint density at radius 3 is 2.75 bits per heavy atom. The van der Waals surface area contributed by atoms with Crippen LogP contribution in [0.3, 0.4) is 0 Å². The molecular weight excluding hydrogens is 290 g/mol. The first-order valence-corrected chi connectivity index (χ1v) is 7.49. The van der Waals surface area contributed by atoms with E-state index in [1.807, 2.05) is 36.5 Å². The van der Waals surface area contributed by atoms with Crippen molar-refractivity contribution >= 4 is 33.9 Å². The van der Waals surface area contributed by atoms with Gasteiger partial charge in [-0.3, -0.25) is 0 Å². The Labute approximate surface area is 126 Å². The quantitative estimate of drug-likeness (QED) is 0.711. The second kappa shape index (κ2) is 6.03. The molecule has 3 rings (SSSR count). The van der Waals surface area contributed by atoms with E-state index in [1.54, 1.807) is 17.5 Å². The minimum Gasteiger partial charge on any atom is -0.316 e. The third-order valence-corrected chi connectivity index (χ3v) is 4.05. The summed E-state index contributed by atoms with van der Waals surface area (Å²) in [5, 5.41) is 4.03. The van der Waals surface area contributed by atoms with E-state index in [9.17, 15) is 0 Å². The molecule has 0 saturated heterocycles. The van der Waals surface area contributed by atoms with Crippen LogP contribution in [0.5, 0.6) is 0 Å². The fourth-order valence-corrected chi connectivity index (χ4v) is 2.80. The lowest BCUT2D eigenvalue weighted by Gasteiger charge is -2.02. The Morgan fingerprint density at radius 2 is 1.95 bits per heavy atom. The summed E-state index contributed by atoms with van der Waals surface area (Å²) >= 11 is 7.42. The Hall–Kier alpha value is -1.91. The average molecular weight is 302 g/mol. The average Bonchev–Trinajstić information content (AvgIpc) is 2.97.